The normalized spacial score (nSPS) is 10.9. The molecule has 5 heterocycles. The lowest BCUT2D eigenvalue weighted by Crippen LogP contribution is -1.79. The first-order valence-corrected chi connectivity index (χ1v) is 9.19. The minimum Gasteiger partial charge on any atom is -0.457 e. The summed E-state index contributed by atoms with van der Waals surface area (Å²) < 4.78 is 23.8. The monoisotopic (exact) mass is 383 g/mol. The Hall–Kier alpha value is -3.99. The molecule has 142 valence electrons. The molecule has 0 saturated heterocycles. The number of aryl methyl sites for hydroxylation is 1. The molecule has 5 aromatic heterocycles. The first-order valence-electron chi connectivity index (χ1n) is 9.19. The van der Waals surface area contributed by atoms with Crippen molar-refractivity contribution >= 4 is 44.8 Å². The van der Waals surface area contributed by atoms with Crippen LogP contribution in [0, 0.1) is 6.92 Å². The molecule has 0 N–H and O–H groups in total. The zero-order valence-electron chi connectivity index (χ0n) is 15.7. The second kappa shape index (κ2) is 7.20. The Morgan fingerprint density at radius 1 is 0.517 bits per heavy atom. The summed E-state index contributed by atoms with van der Waals surface area (Å²) in [7, 11) is 0. The minimum absolute atomic E-state index is 0.511. The number of benzene rings is 3. The highest BCUT2D eigenvalue weighted by atomic mass is 16.4. The largest absolute Gasteiger partial charge is 0.457 e. The van der Waals surface area contributed by atoms with Crippen LogP contribution >= 0.6 is 0 Å². The fourth-order valence-electron chi connectivity index (χ4n) is 3.00. The van der Waals surface area contributed by atoms with Gasteiger partial charge in [-0.1, -0.05) is 12.1 Å². The molecule has 0 radical (unpaired) electrons. The molecule has 29 heavy (non-hydrogen) atoms. The van der Waals surface area contributed by atoms with Crippen LogP contribution in [-0.2, 0) is 0 Å². The SMILES string of the molecule is Cc1cc2cnc1oc1cccc(c1)oc1ccc(cc1)oc1cccc(c1)o2. The van der Waals surface area contributed by atoms with Crippen molar-refractivity contribution in [3.05, 3.63) is 90.6 Å². The summed E-state index contributed by atoms with van der Waals surface area (Å²) in [5.74, 6) is 0. The fraction of sp³-hybridized carbons (Fsp3) is 0.0417. The van der Waals surface area contributed by atoms with Gasteiger partial charge >= 0.3 is 0 Å². The third-order valence-corrected chi connectivity index (χ3v) is 4.36. The maximum atomic E-state index is 5.95. The highest BCUT2D eigenvalue weighted by Crippen LogP contribution is 2.17. The van der Waals surface area contributed by atoms with E-state index in [1.807, 2.05) is 85.8 Å². The highest BCUT2D eigenvalue weighted by Gasteiger charge is 1.98. The summed E-state index contributed by atoms with van der Waals surface area (Å²) in [5.41, 5.74) is 6.04. The first-order chi connectivity index (χ1) is 14.2. The Morgan fingerprint density at radius 2 is 1.00 bits per heavy atom. The van der Waals surface area contributed by atoms with Crippen LogP contribution in [-0.4, -0.2) is 4.98 Å². The summed E-state index contributed by atoms with van der Waals surface area (Å²) in [6, 6.07) is 24.2. The van der Waals surface area contributed by atoms with Crippen LogP contribution in [0.4, 0.5) is 0 Å². The van der Waals surface area contributed by atoms with Gasteiger partial charge in [0, 0.05) is 17.7 Å². The van der Waals surface area contributed by atoms with Gasteiger partial charge in [0.1, 0.15) is 39.1 Å². The van der Waals surface area contributed by atoms with E-state index >= 15 is 0 Å². The van der Waals surface area contributed by atoms with Crippen LogP contribution < -0.4 is 0 Å². The van der Waals surface area contributed by atoms with Crippen LogP contribution in [0.2, 0.25) is 0 Å². The molecule has 8 bridgehead atoms. The Kier molecular flexibility index (Phi) is 4.26. The zero-order chi connectivity index (χ0) is 19.6. The lowest BCUT2D eigenvalue weighted by atomic mass is 10.3. The predicted molar refractivity (Wildman–Crippen MR) is 112 cm³/mol. The first kappa shape index (κ1) is 17.1. The van der Waals surface area contributed by atoms with Gasteiger partial charge in [-0.2, -0.15) is 0 Å². The number of aromatic nitrogens is 1. The smallest absolute Gasteiger partial charge is 0.222 e. The molecule has 5 heteroatoms. The van der Waals surface area contributed by atoms with E-state index in [2.05, 4.69) is 4.98 Å². The summed E-state index contributed by atoms with van der Waals surface area (Å²) in [5, 5.41) is 0. The molecular formula is C24H17NO4. The molecule has 0 atom stereocenters. The fourth-order valence-corrected chi connectivity index (χ4v) is 3.00. The molecule has 0 unspecified atom stereocenters. The molecule has 0 saturated carbocycles. The van der Waals surface area contributed by atoms with E-state index in [0.717, 1.165) is 5.56 Å². The maximum absolute atomic E-state index is 5.95. The third kappa shape index (κ3) is 3.84. The van der Waals surface area contributed by atoms with Gasteiger partial charge in [0.2, 0.25) is 5.71 Å². The van der Waals surface area contributed by atoms with Gasteiger partial charge < -0.3 is 17.7 Å². The van der Waals surface area contributed by atoms with Gasteiger partial charge in [0.05, 0.1) is 6.20 Å². The number of nitrogens with zero attached hydrogens (tertiary/aromatic N) is 1. The van der Waals surface area contributed by atoms with Gasteiger partial charge in [-0.05, 0) is 61.5 Å². The Balaban J connectivity index is 1.90. The second-order valence-electron chi connectivity index (χ2n) is 6.62. The van der Waals surface area contributed by atoms with E-state index in [1.54, 1.807) is 6.20 Å². The molecule has 8 aromatic rings. The maximum Gasteiger partial charge on any atom is 0.222 e. The van der Waals surface area contributed by atoms with Crippen molar-refractivity contribution in [3.63, 3.8) is 0 Å². The van der Waals surface area contributed by atoms with Crippen molar-refractivity contribution in [2.75, 3.05) is 0 Å². The summed E-state index contributed by atoms with van der Waals surface area (Å²) in [6.07, 6.45) is 1.64. The molecule has 3 aromatic carbocycles. The summed E-state index contributed by atoms with van der Waals surface area (Å²) in [6.45, 7) is 1.93. The Bertz CT molecular complexity index is 1460. The van der Waals surface area contributed by atoms with E-state index in [1.165, 1.54) is 0 Å². The molecule has 5 nitrogen and oxygen atoms in total. The molecule has 0 aliphatic heterocycles. The van der Waals surface area contributed by atoms with E-state index < -0.39 is 0 Å². The van der Waals surface area contributed by atoms with Gasteiger partial charge in [0.25, 0.3) is 0 Å². The summed E-state index contributed by atoms with van der Waals surface area (Å²) in [4.78, 5) is 4.40. The van der Waals surface area contributed by atoms with Crippen molar-refractivity contribution in [3.8, 4) is 0 Å². The van der Waals surface area contributed by atoms with Crippen molar-refractivity contribution < 1.29 is 17.7 Å². The van der Waals surface area contributed by atoms with E-state index in [-0.39, 0.29) is 0 Å². The molecule has 0 spiro atoms. The average molecular weight is 383 g/mol. The van der Waals surface area contributed by atoms with Crippen LogP contribution in [0.1, 0.15) is 5.56 Å². The minimum atomic E-state index is 0.511. The average Bonchev–Trinajstić information content (AvgIpc) is 2.72. The van der Waals surface area contributed by atoms with Gasteiger partial charge in [0.15, 0.2) is 0 Å². The molecule has 0 fully saturated rings. The number of rotatable bonds is 0. The third-order valence-electron chi connectivity index (χ3n) is 4.36. The molecule has 0 aliphatic carbocycles. The molecule has 0 aliphatic rings. The predicted octanol–water partition coefficient (Wildman–Crippen LogP) is 7.19. The Morgan fingerprint density at radius 3 is 1.52 bits per heavy atom. The van der Waals surface area contributed by atoms with Gasteiger partial charge in [-0.25, -0.2) is 4.98 Å². The topological polar surface area (TPSA) is 65.5 Å². The van der Waals surface area contributed by atoms with Crippen molar-refractivity contribution in [1.82, 2.24) is 4.98 Å². The van der Waals surface area contributed by atoms with Gasteiger partial charge in [-0.15, -0.1) is 0 Å². The second-order valence-corrected chi connectivity index (χ2v) is 6.62. The highest BCUT2D eigenvalue weighted by molar-refractivity contribution is 5.62. The lowest BCUT2D eigenvalue weighted by molar-refractivity contribution is 0.620. The number of hydrogen-bond acceptors (Lipinski definition) is 5. The molecular weight excluding hydrogens is 366 g/mol. The van der Waals surface area contributed by atoms with E-state index in [4.69, 9.17) is 17.7 Å². The quantitative estimate of drug-likeness (QED) is 0.283. The van der Waals surface area contributed by atoms with Crippen molar-refractivity contribution in [2.45, 2.75) is 6.92 Å². The lowest BCUT2D eigenvalue weighted by Gasteiger charge is -1.97. The van der Waals surface area contributed by atoms with Crippen LogP contribution in [0.5, 0.6) is 0 Å². The standard InChI is InChI=1S/C24H17NO4/c1-16-12-23-15-25-24(16)29-22-7-3-5-20(14-22)27-18-10-8-17(9-11-18)26-19-4-2-6-21(13-19)28-23/h2-15H,1H3. The van der Waals surface area contributed by atoms with Crippen LogP contribution in [0.25, 0.3) is 44.8 Å². The zero-order valence-corrected chi connectivity index (χ0v) is 15.7. The van der Waals surface area contributed by atoms with Gasteiger partial charge in [-0.3, -0.25) is 0 Å². The molecule has 0 amide bonds. The van der Waals surface area contributed by atoms with E-state index in [0.29, 0.717) is 44.8 Å². The number of pyridine rings is 1. The van der Waals surface area contributed by atoms with Crippen LogP contribution in [0.3, 0.4) is 0 Å². The molecule has 8 rings (SSSR count). The van der Waals surface area contributed by atoms with Crippen LogP contribution in [0.15, 0.2) is 103 Å². The number of hydrogen-bond donors (Lipinski definition) is 0. The van der Waals surface area contributed by atoms with Crippen molar-refractivity contribution in [1.29, 1.82) is 0 Å². The van der Waals surface area contributed by atoms with Crippen molar-refractivity contribution in [2.24, 2.45) is 0 Å². The van der Waals surface area contributed by atoms with E-state index in [9.17, 15) is 0 Å². The summed E-state index contributed by atoms with van der Waals surface area (Å²) >= 11 is 0. The Labute approximate surface area is 165 Å².